The topological polar surface area (TPSA) is 63.4 Å². The molecule has 0 aromatic heterocycles. The Hall–Kier alpha value is -0.130. The Morgan fingerprint density at radius 2 is 1.94 bits per heavy atom. The summed E-state index contributed by atoms with van der Waals surface area (Å²) in [5.74, 6) is 1.28. The fourth-order valence-corrected chi connectivity index (χ4v) is 4.35. The van der Waals surface area contributed by atoms with Crippen LogP contribution >= 0.6 is 0 Å². The van der Waals surface area contributed by atoms with Crippen molar-refractivity contribution in [2.45, 2.75) is 31.7 Å². The minimum absolute atomic E-state index is 0.334. The van der Waals surface area contributed by atoms with Crippen LogP contribution < -0.4 is 5.73 Å². The van der Waals surface area contributed by atoms with Gasteiger partial charge in [0.1, 0.15) is 0 Å². The molecule has 2 atom stereocenters. The molecule has 4 nitrogen and oxygen atoms in total. The van der Waals surface area contributed by atoms with Gasteiger partial charge in [0.15, 0.2) is 9.84 Å². The molecule has 1 saturated carbocycles. The Bertz CT molecular complexity index is 329. The van der Waals surface area contributed by atoms with Gasteiger partial charge >= 0.3 is 0 Å². The first-order valence-corrected chi connectivity index (χ1v) is 8.09. The first-order valence-electron chi connectivity index (χ1n) is 6.27. The van der Waals surface area contributed by atoms with E-state index in [-0.39, 0.29) is 0 Å². The van der Waals surface area contributed by atoms with Crippen LogP contribution in [0.1, 0.15) is 25.7 Å². The minimum atomic E-state index is -2.78. The Balaban J connectivity index is 1.99. The van der Waals surface area contributed by atoms with E-state index >= 15 is 0 Å². The second-order valence-corrected chi connectivity index (χ2v) is 7.34. The molecular weight excluding hydrogens is 224 g/mol. The third kappa shape index (κ3) is 2.76. The van der Waals surface area contributed by atoms with Gasteiger partial charge in [0.25, 0.3) is 0 Å². The molecule has 2 fully saturated rings. The standard InChI is InChI=1S/C11H22N2O2S/c12-9-10-3-1-4-11(10)13-5-2-7-16(14,15)8-6-13/h10-11H,1-9,12H2. The second-order valence-electron chi connectivity index (χ2n) is 5.04. The Labute approximate surface area is 98.1 Å². The maximum Gasteiger partial charge on any atom is 0.151 e. The summed E-state index contributed by atoms with van der Waals surface area (Å²) in [5, 5.41) is 0. The third-order valence-corrected chi connectivity index (χ3v) is 5.70. The van der Waals surface area contributed by atoms with E-state index in [0.29, 0.717) is 30.0 Å². The molecule has 0 radical (unpaired) electrons. The lowest BCUT2D eigenvalue weighted by molar-refractivity contribution is 0.174. The predicted molar refractivity (Wildman–Crippen MR) is 65.0 cm³/mol. The lowest BCUT2D eigenvalue weighted by Gasteiger charge is -2.31. The quantitative estimate of drug-likeness (QED) is 0.758. The molecule has 16 heavy (non-hydrogen) atoms. The van der Waals surface area contributed by atoms with Crippen LogP contribution in [0.2, 0.25) is 0 Å². The molecule has 2 unspecified atom stereocenters. The molecule has 0 aromatic carbocycles. The average molecular weight is 246 g/mol. The van der Waals surface area contributed by atoms with Crippen molar-refractivity contribution in [1.82, 2.24) is 4.90 Å². The van der Waals surface area contributed by atoms with Crippen LogP contribution in [0.3, 0.4) is 0 Å². The van der Waals surface area contributed by atoms with Gasteiger partial charge in [0.05, 0.1) is 11.5 Å². The monoisotopic (exact) mass is 246 g/mol. The summed E-state index contributed by atoms with van der Waals surface area (Å²) in [4.78, 5) is 2.37. The van der Waals surface area contributed by atoms with Crippen LogP contribution in [0.4, 0.5) is 0 Å². The molecule has 0 aromatic rings. The van der Waals surface area contributed by atoms with Crippen molar-refractivity contribution in [2.75, 3.05) is 31.1 Å². The molecule has 5 heteroatoms. The van der Waals surface area contributed by atoms with Gasteiger partial charge < -0.3 is 5.73 Å². The molecule has 2 rings (SSSR count). The Morgan fingerprint density at radius 3 is 2.69 bits per heavy atom. The summed E-state index contributed by atoms with van der Waals surface area (Å²) in [6.45, 7) is 2.39. The summed E-state index contributed by atoms with van der Waals surface area (Å²) in [5.41, 5.74) is 5.78. The molecule has 1 aliphatic heterocycles. The highest BCUT2D eigenvalue weighted by molar-refractivity contribution is 7.91. The fraction of sp³-hybridized carbons (Fsp3) is 1.00. The number of hydrogen-bond acceptors (Lipinski definition) is 4. The number of sulfone groups is 1. The van der Waals surface area contributed by atoms with Crippen LogP contribution in [0, 0.1) is 5.92 Å². The van der Waals surface area contributed by atoms with E-state index in [9.17, 15) is 8.42 Å². The zero-order chi connectivity index (χ0) is 11.6. The Morgan fingerprint density at radius 1 is 1.12 bits per heavy atom. The molecule has 0 spiro atoms. The highest BCUT2D eigenvalue weighted by Gasteiger charge is 2.32. The molecule has 1 aliphatic carbocycles. The average Bonchev–Trinajstić information content (AvgIpc) is 2.63. The van der Waals surface area contributed by atoms with E-state index in [1.54, 1.807) is 0 Å². The number of nitrogens with two attached hydrogens (primary N) is 1. The Kier molecular flexibility index (Phi) is 3.87. The maximum absolute atomic E-state index is 11.5. The van der Waals surface area contributed by atoms with Gasteiger partial charge in [-0.1, -0.05) is 6.42 Å². The molecule has 1 saturated heterocycles. The smallest absolute Gasteiger partial charge is 0.151 e. The van der Waals surface area contributed by atoms with Gasteiger partial charge in [-0.05, 0) is 38.3 Å². The van der Waals surface area contributed by atoms with E-state index < -0.39 is 9.84 Å². The summed E-state index contributed by atoms with van der Waals surface area (Å²) < 4.78 is 23.1. The van der Waals surface area contributed by atoms with E-state index in [1.807, 2.05) is 0 Å². The lowest BCUT2D eigenvalue weighted by atomic mass is 10.0. The van der Waals surface area contributed by atoms with E-state index in [4.69, 9.17) is 5.73 Å². The first kappa shape index (κ1) is 12.3. The SMILES string of the molecule is NCC1CCCC1N1CCCS(=O)(=O)CC1. The van der Waals surface area contributed by atoms with Crippen LogP contribution in [0.15, 0.2) is 0 Å². The molecule has 1 heterocycles. The molecule has 2 N–H and O–H groups in total. The molecule has 0 amide bonds. The third-order valence-electron chi connectivity index (χ3n) is 3.98. The summed E-state index contributed by atoms with van der Waals surface area (Å²) >= 11 is 0. The summed E-state index contributed by atoms with van der Waals surface area (Å²) in [6.07, 6.45) is 4.44. The number of nitrogens with zero attached hydrogens (tertiary/aromatic N) is 1. The lowest BCUT2D eigenvalue weighted by Crippen LogP contribution is -2.41. The summed E-state index contributed by atoms with van der Waals surface area (Å²) in [7, 11) is -2.78. The minimum Gasteiger partial charge on any atom is -0.330 e. The van der Waals surface area contributed by atoms with Gasteiger partial charge in [-0.3, -0.25) is 4.90 Å². The van der Waals surface area contributed by atoms with Gasteiger partial charge in [-0.15, -0.1) is 0 Å². The highest BCUT2D eigenvalue weighted by Crippen LogP contribution is 2.29. The van der Waals surface area contributed by atoms with Crippen LogP contribution in [0.5, 0.6) is 0 Å². The van der Waals surface area contributed by atoms with Gasteiger partial charge in [-0.2, -0.15) is 0 Å². The number of rotatable bonds is 2. The molecule has 0 bridgehead atoms. The normalized spacial score (nSPS) is 36.1. The van der Waals surface area contributed by atoms with Crippen LogP contribution in [0.25, 0.3) is 0 Å². The molecule has 2 aliphatic rings. The van der Waals surface area contributed by atoms with E-state index in [1.165, 1.54) is 19.3 Å². The predicted octanol–water partition coefficient (Wildman–Crippen LogP) is 0.234. The zero-order valence-corrected chi connectivity index (χ0v) is 10.6. The van der Waals surface area contributed by atoms with E-state index in [2.05, 4.69) is 4.90 Å². The van der Waals surface area contributed by atoms with E-state index in [0.717, 1.165) is 19.5 Å². The van der Waals surface area contributed by atoms with Gasteiger partial charge in [-0.25, -0.2) is 8.42 Å². The van der Waals surface area contributed by atoms with Gasteiger partial charge in [0.2, 0.25) is 0 Å². The second kappa shape index (κ2) is 5.02. The number of hydrogen-bond donors (Lipinski definition) is 1. The molecular formula is C11H22N2O2S. The van der Waals surface area contributed by atoms with Crippen molar-refractivity contribution in [3.05, 3.63) is 0 Å². The van der Waals surface area contributed by atoms with Crippen molar-refractivity contribution in [2.24, 2.45) is 11.7 Å². The van der Waals surface area contributed by atoms with Crippen molar-refractivity contribution in [1.29, 1.82) is 0 Å². The van der Waals surface area contributed by atoms with Crippen LogP contribution in [-0.2, 0) is 9.84 Å². The fourth-order valence-electron chi connectivity index (χ4n) is 3.06. The van der Waals surface area contributed by atoms with Crippen molar-refractivity contribution >= 4 is 9.84 Å². The highest BCUT2D eigenvalue weighted by atomic mass is 32.2. The van der Waals surface area contributed by atoms with Crippen molar-refractivity contribution in [3.63, 3.8) is 0 Å². The first-order chi connectivity index (χ1) is 7.62. The largest absolute Gasteiger partial charge is 0.330 e. The van der Waals surface area contributed by atoms with Crippen molar-refractivity contribution in [3.8, 4) is 0 Å². The molecule has 94 valence electrons. The maximum atomic E-state index is 11.5. The van der Waals surface area contributed by atoms with Crippen molar-refractivity contribution < 1.29 is 8.42 Å². The summed E-state index contributed by atoms with van der Waals surface area (Å²) in [6, 6.07) is 0.540. The zero-order valence-electron chi connectivity index (χ0n) is 9.77. The van der Waals surface area contributed by atoms with Gasteiger partial charge in [0, 0.05) is 12.6 Å². The van der Waals surface area contributed by atoms with Crippen LogP contribution in [-0.4, -0.2) is 50.5 Å².